The summed E-state index contributed by atoms with van der Waals surface area (Å²) in [6.45, 7) is 2.76. The summed E-state index contributed by atoms with van der Waals surface area (Å²) in [6.07, 6.45) is 1.81. The number of benzene rings is 3. The largest absolute Gasteiger partial charge is 0.489 e. The number of carbonyl (C=O) groups excluding carboxylic acids is 1. The molecule has 34 heavy (non-hydrogen) atoms. The van der Waals surface area contributed by atoms with Crippen LogP contribution in [0.15, 0.2) is 82.7 Å². The van der Waals surface area contributed by atoms with Crippen LogP contribution in [0.3, 0.4) is 0 Å². The monoisotopic (exact) mass is 492 g/mol. The van der Waals surface area contributed by atoms with Crippen molar-refractivity contribution in [2.45, 2.75) is 13.5 Å². The van der Waals surface area contributed by atoms with E-state index in [1.54, 1.807) is 17.0 Å². The SMILES string of the molecule is CCN1C(=O)/C(=C\c2ccc(OCc3ccc(Cl)cc3)cc2)SC1=Nc1cccc(C(=O)O)c1. The lowest BCUT2D eigenvalue weighted by Crippen LogP contribution is -2.28. The average Bonchev–Trinajstić information content (AvgIpc) is 3.13. The summed E-state index contributed by atoms with van der Waals surface area (Å²) in [4.78, 5) is 30.8. The van der Waals surface area contributed by atoms with Crippen molar-refractivity contribution in [1.29, 1.82) is 0 Å². The molecule has 1 amide bonds. The Morgan fingerprint density at radius 3 is 2.53 bits per heavy atom. The minimum Gasteiger partial charge on any atom is -0.489 e. The molecular formula is C26H21ClN2O4S. The molecule has 0 aliphatic carbocycles. The smallest absolute Gasteiger partial charge is 0.335 e. The van der Waals surface area contributed by atoms with Gasteiger partial charge in [0.2, 0.25) is 0 Å². The number of carboxylic acids is 1. The van der Waals surface area contributed by atoms with E-state index in [0.29, 0.717) is 33.9 Å². The molecule has 1 N–H and O–H groups in total. The third kappa shape index (κ3) is 5.68. The van der Waals surface area contributed by atoms with E-state index in [2.05, 4.69) is 4.99 Å². The number of ether oxygens (including phenoxy) is 1. The van der Waals surface area contributed by atoms with Gasteiger partial charge in [0.15, 0.2) is 5.17 Å². The van der Waals surface area contributed by atoms with Crippen LogP contribution in [0.25, 0.3) is 6.08 Å². The van der Waals surface area contributed by atoms with Gasteiger partial charge in [-0.15, -0.1) is 0 Å². The van der Waals surface area contributed by atoms with Crippen LogP contribution in [0.4, 0.5) is 5.69 Å². The first kappa shape index (κ1) is 23.6. The van der Waals surface area contributed by atoms with Gasteiger partial charge in [0.1, 0.15) is 12.4 Å². The van der Waals surface area contributed by atoms with Gasteiger partial charge in [0.05, 0.1) is 16.2 Å². The third-order valence-electron chi connectivity index (χ3n) is 5.02. The lowest BCUT2D eigenvalue weighted by atomic mass is 10.2. The van der Waals surface area contributed by atoms with Crippen LogP contribution in [0.2, 0.25) is 5.02 Å². The molecule has 1 saturated heterocycles. The summed E-state index contributed by atoms with van der Waals surface area (Å²) in [6, 6.07) is 21.3. The third-order valence-corrected chi connectivity index (χ3v) is 6.28. The van der Waals surface area contributed by atoms with Crippen molar-refractivity contribution in [2.24, 2.45) is 4.99 Å². The van der Waals surface area contributed by atoms with Gasteiger partial charge in [-0.1, -0.05) is 41.9 Å². The number of carboxylic acid groups (broad SMARTS) is 1. The quantitative estimate of drug-likeness (QED) is 0.395. The Bertz CT molecular complexity index is 1270. The summed E-state index contributed by atoms with van der Waals surface area (Å²) in [5.41, 5.74) is 2.51. The number of rotatable bonds is 7. The molecule has 0 unspecified atom stereocenters. The van der Waals surface area contributed by atoms with Gasteiger partial charge >= 0.3 is 5.97 Å². The van der Waals surface area contributed by atoms with E-state index < -0.39 is 5.97 Å². The summed E-state index contributed by atoms with van der Waals surface area (Å²) in [5.74, 6) is -0.437. The highest BCUT2D eigenvalue weighted by Crippen LogP contribution is 2.34. The minimum absolute atomic E-state index is 0.135. The van der Waals surface area contributed by atoms with Crippen molar-refractivity contribution >= 4 is 52.2 Å². The van der Waals surface area contributed by atoms with Crippen molar-refractivity contribution < 1.29 is 19.4 Å². The van der Waals surface area contributed by atoms with Crippen molar-refractivity contribution in [3.8, 4) is 5.75 Å². The van der Waals surface area contributed by atoms with Crippen LogP contribution >= 0.6 is 23.4 Å². The highest BCUT2D eigenvalue weighted by Gasteiger charge is 2.32. The molecule has 4 rings (SSSR count). The molecule has 0 atom stereocenters. The van der Waals surface area contributed by atoms with E-state index in [4.69, 9.17) is 16.3 Å². The second kappa shape index (κ2) is 10.6. The van der Waals surface area contributed by atoms with E-state index >= 15 is 0 Å². The molecule has 0 bridgehead atoms. The van der Waals surface area contributed by atoms with Gasteiger partial charge in [-0.25, -0.2) is 9.79 Å². The molecule has 0 aromatic heterocycles. The number of likely N-dealkylation sites (N-methyl/N-ethyl adjacent to an activating group) is 1. The van der Waals surface area contributed by atoms with E-state index in [-0.39, 0.29) is 11.5 Å². The molecular weight excluding hydrogens is 472 g/mol. The number of nitrogens with zero attached hydrogens (tertiary/aromatic N) is 2. The van der Waals surface area contributed by atoms with Crippen molar-refractivity contribution in [2.75, 3.05) is 6.54 Å². The number of amides is 1. The van der Waals surface area contributed by atoms with Crippen molar-refractivity contribution in [1.82, 2.24) is 4.90 Å². The Hall–Kier alpha value is -3.55. The van der Waals surface area contributed by atoms with Gasteiger partial charge in [-0.05, 0) is 78.4 Å². The Morgan fingerprint density at radius 2 is 1.85 bits per heavy atom. The Balaban J connectivity index is 1.48. The van der Waals surface area contributed by atoms with E-state index in [0.717, 1.165) is 16.9 Å². The number of halogens is 1. The van der Waals surface area contributed by atoms with Crippen molar-refractivity contribution in [3.05, 3.63) is 99.4 Å². The molecule has 8 heteroatoms. The fraction of sp³-hybridized carbons (Fsp3) is 0.115. The number of aromatic carboxylic acids is 1. The fourth-order valence-electron chi connectivity index (χ4n) is 3.25. The number of hydrogen-bond donors (Lipinski definition) is 1. The molecule has 6 nitrogen and oxygen atoms in total. The van der Waals surface area contributed by atoms with Crippen LogP contribution in [0.5, 0.6) is 5.75 Å². The number of hydrogen-bond acceptors (Lipinski definition) is 5. The Labute approximate surface area is 206 Å². The predicted octanol–water partition coefficient (Wildman–Crippen LogP) is 6.24. The van der Waals surface area contributed by atoms with Gasteiger partial charge in [-0.3, -0.25) is 9.69 Å². The molecule has 0 spiro atoms. The number of carbonyl (C=O) groups is 2. The molecule has 172 valence electrons. The van der Waals surface area contributed by atoms with Crippen LogP contribution < -0.4 is 4.74 Å². The first-order valence-electron chi connectivity index (χ1n) is 10.5. The summed E-state index contributed by atoms with van der Waals surface area (Å²) >= 11 is 7.17. The number of amidine groups is 1. The maximum Gasteiger partial charge on any atom is 0.335 e. The average molecular weight is 493 g/mol. The molecule has 1 heterocycles. The molecule has 1 aliphatic heterocycles. The second-order valence-electron chi connectivity index (χ2n) is 7.39. The highest BCUT2D eigenvalue weighted by atomic mass is 35.5. The van der Waals surface area contributed by atoms with Gasteiger partial charge in [-0.2, -0.15) is 0 Å². The molecule has 0 radical (unpaired) electrons. The molecule has 0 saturated carbocycles. The minimum atomic E-state index is -1.02. The lowest BCUT2D eigenvalue weighted by Gasteiger charge is -2.12. The topological polar surface area (TPSA) is 79.2 Å². The summed E-state index contributed by atoms with van der Waals surface area (Å²) in [5, 5.41) is 10.4. The highest BCUT2D eigenvalue weighted by molar-refractivity contribution is 8.18. The molecule has 1 fully saturated rings. The summed E-state index contributed by atoms with van der Waals surface area (Å²) in [7, 11) is 0. The second-order valence-corrected chi connectivity index (χ2v) is 8.84. The van der Waals surface area contributed by atoms with E-state index in [1.165, 1.54) is 23.9 Å². The van der Waals surface area contributed by atoms with Gasteiger partial charge < -0.3 is 9.84 Å². The first-order valence-corrected chi connectivity index (χ1v) is 11.7. The van der Waals surface area contributed by atoms with Crippen LogP contribution in [0.1, 0.15) is 28.4 Å². The zero-order chi connectivity index (χ0) is 24.1. The van der Waals surface area contributed by atoms with Gasteiger partial charge in [0, 0.05) is 11.6 Å². The molecule has 1 aliphatic rings. The van der Waals surface area contributed by atoms with Gasteiger partial charge in [0.25, 0.3) is 5.91 Å². The normalized spacial score (nSPS) is 15.8. The van der Waals surface area contributed by atoms with Crippen LogP contribution in [-0.2, 0) is 11.4 Å². The first-order chi connectivity index (χ1) is 16.4. The van der Waals surface area contributed by atoms with Crippen LogP contribution in [0, 0.1) is 0 Å². The standard InChI is InChI=1S/C26H21ClN2O4S/c1-2-29-24(30)23(34-26(29)28-21-5-3-4-19(15-21)25(31)32)14-17-8-12-22(13-9-17)33-16-18-6-10-20(27)11-7-18/h3-15H,2,16H2,1H3,(H,31,32)/b23-14+,28-26?. The maximum atomic E-state index is 12.9. The Morgan fingerprint density at radius 1 is 1.12 bits per heavy atom. The summed E-state index contributed by atoms with van der Waals surface area (Å²) < 4.78 is 5.82. The zero-order valence-corrected chi connectivity index (χ0v) is 19.8. The number of thioether (sulfide) groups is 1. The predicted molar refractivity (Wildman–Crippen MR) is 136 cm³/mol. The fourth-order valence-corrected chi connectivity index (χ4v) is 4.44. The van der Waals surface area contributed by atoms with E-state index in [9.17, 15) is 14.7 Å². The molecule has 3 aromatic carbocycles. The van der Waals surface area contributed by atoms with Crippen molar-refractivity contribution in [3.63, 3.8) is 0 Å². The Kier molecular flexibility index (Phi) is 7.35. The van der Waals surface area contributed by atoms with Crippen LogP contribution in [-0.4, -0.2) is 33.6 Å². The number of aliphatic imine (C=N–C) groups is 1. The van der Waals surface area contributed by atoms with E-state index in [1.807, 2.05) is 61.5 Å². The molecule has 3 aromatic rings. The zero-order valence-electron chi connectivity index (χ0n) is 18.3. The maximum absolute atomic E-state index is 12.9. The lowest BCUT2D eigenvalue weighted by molar-refractivity contribution is -0.122.